The molecule has 6 nitrogen and oxygen atoms in total. The Balaban J connectivity index is 1.82. The quantitative estimate of drug-likeness (QED) is 0.867. The van der Waals surface area contributed by atoms with E-state index in [2.05, 4.69) is 21.9 Å². The monoisotopic (exact) mass is 312 g/mol. The van der Waals surface area contributed by atoms with Crippen molar-refractivity contribution in [1.29, 1.82) is 0 Å². The first-order chi connectivity index (χ1) is 11.0. The lowest BCUT2D eigenvalue weighted by atomic mass is 10.1. The fourth-order valence-corrected chi connectivity index (χ4v) is 2.57. The molecule has 0 atom stereocenters. The average Bonchev–Trinajstić information content (AvgIpc) is 2.55. The average molecular weight is 312 g/mol. The second-order valence-corrected chi connectivity index (χ2v) is 5.92. The van der Waals surface area contributed by atoms with Gasteiger partial charge in [0, 0.05) is 39.2 Å². The molecule has 0 bridgehead atoms. The number of carbonyl (C=O) groups excluding carboxylic acids is 1. The highest BCUT2D eigenvalue weighted by atomic mass is 16.5. The number of fused-ring (bicyclic) bond motifs is 1. The Morgan fingerprint density at radius 1 is 1.22 bits per heavy atom. The van der Waals surface area contributed by atoms with Crippen LogP contribution in [0.25, 0.3) is 0 Å². The van der Waals surface area contributed by atoms with E-state index in [0.717, 1.165) is 30.8 Å². The number of nitrogens with zero attached hydrogens (tertiary/aromatic N) is 4. The number of benzene rings is 1. The van der Waals surface area contributed by atoms with Gasteiger partial charge in [0.25, 0.3) is 5.91 Å². The molecule has 3 rings (SSSR count). The van der Waals surface area contributed by atoms with E-state index in [4.69, 9.17) is 4.74 Å². The summed E-state index contributed by atoms with van der Waals surface area (Å²) >= 11 is 0. The first kappa shape index (κ1) is 15.4. The van der Waals surface area contributed by atoms with E-state index < -0.39 is 0 Å². The zero-order chi connectivity index (χ0) is 16.4. The molecule has 1 aliphatic rings. The maximum atomic E-state index is 11.9. The lowest BCUT2D eigenvalue weighted by Gasteiger charge is -2.25. The van der Waals surface area contributed by atoms with Crippen LogP contribution in [-0.2, 0) is 13.0 Å². The molecule has 6 heteroatoms. The van der Waals surface area contributed by atoms with Gasteiger partial charge in [-0.05, 0) is 31.3 Å². The summed E-state index contributed by atoms with van der Waals surface area (Å²) in [6, 6.07) is 7.10. The van der Waals surface area contributed by atoms with Gasteiger partial charge >= 0.3 is 0 Å². The molecule has 120 valence electrons. The van der Waals surface area contributed by atoms with E-state index >= 15 is 0 Å². The summed E-state index contributed by atoms with van der Waals surface area (Å²) in [4.78, 5) is 24.3. The zero-order valence-corrected chi connectivity index (χ0v) is 13.6. The van der Waals surface area contributed by atoms with Gasteiger partial charge in [-0.3, -0.25) is 4.79 Å². The van der Waals surface area contributed by atoms with E-state index in [-0.39, 0.29) is 5.91 Å². The predicted molar refractivity (Wildman–Crippen MR) is 86.6 cm³/mol. The molecule has 1 aromatic carbocycles. The zero-order valence-electron chi connectivity index (χ0n) is 13.6. The second-order valence-electron chi connectivity index (χ2n) is 5.92. The van der Waals surface area contributed by atoms with Gasteiger partial charge in [-0.15, -0.1) is 0 Å². The smallest absolute Gasteiger partial charge is 0.253 e. The van der Waals surface area contributed by atoms with Gasteiger partial charge in [0.05, 0.1) is 11.3 Å². The molecule has 0 N–H and O–H groups in total. The molecule has 0 unspecified atom stereocenters. The number of amides is 1. The highest BCUT2D eigenvalue weighted by molar-refractivity contribution is 5.93. The summed E-state index contributed by atoms with van der Waals surface area (Å²) < 4.78 is 5.92. The van der Waals surface area contributed by atoms with E-state index in [1.807, 2.05) is 0 Å². The molecule has 0 spiro atoms. The van der Waals surface area contributed by atoms with Crippen molar-refractivity contribution in [2.45, 2.75) is 13.0 Å². The first-order valence-corrected chi connectivity index (χ1v) is 7.55. The lowest BCUT2D eigenvalue weighted by Crippen LogP contribution is -2.27. The van der Waals surface area contributed by atoms with Gasteiger partial charge in [-0.2, -0.15) is 0 Å². The first-order valence-electron chi connectivity index (χ1n) is 7.55. The third-order valence-electron chi connectivity index (χ3n) is 3.88. The van der Waals surface area contributed by atoms with Crippen molar-refractivity contribution in [3.8, 4) is 11.6 Å². The molecule has 2 aromatic rings. The summed E-state index contributed by atoms with van der Waals surface area (Å²) in [6.45, 7) is 1.77. The van der Waals surface area contributed by atoms with Crippen molar-refractivity contribution in [3.63, 3.8) is 0 Å². The minimum absolute atomic E-state index is 0.0300. The van der Waals surface area contributed by atoms with Crippen molar-refractivity contribution in [2.24, 2.45) is 0 Å². The van der Waals surface area contributed by atoms with Crippen LogP contribution in [0.5, 0.6) is 11.6 Å². The molecule has 0 saturated carbocycles. The molecule has 2 heterocycles. The Bertz CT molecular complexity index is 713. The van der Waals surface area contributed by atoms with Crippen molar-refractivity contribution in [2.75, 3.05) is 27.7 Å². The fourth-order valence-electron chi connectivity index (χ4n) is 2.57. The van der Waals surface area contributed by atoms with Crippen LogP contribution in [0, 0.1) is 0 Å². The molecule has 1 amide bonds. The molecule has 23 heavy (non-hydrogen) atoms. The number of rotatable bonds is 3. The maximum absolute atomic E-state index is 11.9. The van der Waals surface area contributed by atoms with Crippen molar-refractivity contribution in [1.82, 2.24) is 19.8 Å². The molecule has 1 aliphatic heterocycles. The normalized spacial score (nSPS) is 14.2. The standard InChI is InChI=1S/C17H20N4O2/c1-20(2)17(22)12-4-6-13(7-5-12)23-16-14-10-21(3)9-8-15(14)18-11-19-16/h4-7,11H,8-10H2,1-3H3. The molecular weight excluding hydrogens is 292 g/mol. The van der Waals surface area contributed by atoms with Gasteiger partial charge in [0.1, 0.15) is 12.1 Å². The predicted octanol–water partition coefficient (Wildman–Crippen LogP) is 1.96. The van der Waals surface area contributed by atoms with Crippen LogP contribution in [-0.4, -0.2) is 53.4 Å². The Labute approximate surface area is 135 Å². The third kappa shape index (κ3) is 3.32. The topological polar surface area (TPSA) is 58.6 Å². The molecule has 0 saturated heterocycles. The number of likely N-dealkylation sites (N-methyl/N-ethyl adjacent to an activating group) is 1. The largest absolute Gasteiger partial charge is 0.439 e. The van der Waals surface area contributed by atoms with Gasteiger partial charge in [0.2, 0.25) is 5.88 Å². The van der Waals surface area contributed by atoms with Gasteiger partial charge in [-0.1, -0.05) is 0 Å². The van der Waals surface area contributed by atoms with E-state index in [1.165, 1.54) is 0 Å². The van der Waals surface area contributed by atoms with Crippen LogP contribution >= 0.6 is 0 Å². The fraction of sp³-hybridized carbons (Fsp3) is 0.353. The maximum Gasteiger partial charge on any atom is 0.253 e. The van der Waals surface area contributed by atoms with E-state index in [9.17, 15) is 4.79 Å². The Morgan fingerprint density at radius 3 is 2.65 bits per heavy atom. The third-order valence-corrected chi connectivity index (χ3v) is 3.88. The summed E-state index contributed by atoms with van der Waals surface area (Å²) in [5, 5.41) is 0. The number of hydrogen-bond acceptors (Lipinski definition) is 5. The van der Waals surface area contributed by atoms with Crippen LogP contribution in [0.1, 0.15) is 21.6 Å². The van der Waals surface area contributed by atoms with Crippen molar-refractivity contribution in [3.05, 3.63) is 47.4 Å². The lowest BCUT2D eigenvalue weighted by molar-refractivity contribution is 0.0827. The van der Waals surface area contributed by atoms with Crippen LogP contribution in [0.2, 0.25) is 0 Å². The van der Waals surface area contributed by atoms with Crippen molar-refractivity contribution >= 4 is 5.91 Å². The summed E-state index contributed by atoms with van der Waals surface area (Å²) in [7, 11) is 5.54. The molecule has 1 aromatic heterocycles. The summed E-state index contributed by atoms with van der Waals surface area (Å²) in [5.74, 6) is 1.22. The summed E-state index contributed by atoms with van der Waals surface area (Å²) in [5.41, 5.74) is 2.72. The highest BCUT2D eigenvalue weighted by Gasteiger charge is 2.20. The molecule has 0 fully saturated rings. The highest BCUT2D eigenvalue weighted by Crippen LogP contribution is 2.28. The van der Waals surface area contributed by atoms with Gasteiger partial charge < -0.3 is 14.5 Å². The number of hydrogen-bond donors (Lipinski definition) is 0. The van der Waals surface area contributed by atoms with E-state index in [1.54, 1.807) is 49.6 Å². The van der Waals surface area contributed by atoms with Crippen LogP contribution in [0.3, 0.4) is 0 Å². The SMILES string of the molecule is CN1CCc2ncnc(Oc3ccc(C(=O)N(C)C)cc3)c2C1. The number of ether oxygens (including phenoxy) is 1. The molecule has 0 radical (unpaired) electrons. The Morgan fingerprint density at radius 2 is 1.96 bits per heavy atom. The summed E-state index contributed by atoms with van der Waals surface area (Å²) in [6.07, 6.45) is 2.45. The second kappa shape index (κ2) is 6.34. The molecular formula is C17H20N4O2. The van der Waals surface area contributed by atoms with Crippen molar-refractivity contribution < 1.29 is 9.53 Å². The van der Waals surface area contributed by atoms with Crippen LogP contribution < -0.4 is 4.74 Å². The minimum atomic E-state index is -0.0300. The van der Waals surface area contributed by atoms with Crippen LogP contribution in [0.4, 0.5) is 0 Å². The van der Waals surface area contributed by atoms with Gasteiger partial charge in [0.15, 0.2) is 0 Å². The minimum Gasteiger partial charge on any atom is -0.439 e. The Kier molecular flexibility index (Phi) is 4.25. The number of aromatic nitrogens is 2. The van der Waals surface area contributed by atoms with Gasteiger partial charge in [-0.25, -0.2) is 9.97 Å². The molecule has 0 aliphatic carbocycles. The Hall–Kier alpha value is -2.47. The van der Waals surface area contributed by atoms with Crippen LogP contribution in [0.15, 0.2) is 30.6 Å². The van der Waals surface area contributed by atoms with E-state index in [0.29, 0.717) is 17.2 Å². The number of carbonyl (C=O) groups is 1.